The second-order valence-electron chi connectivity index (χ2n) is 9.32. The highest BCUT2D eigenvalue weighted by Crippen LogP contribution is 2.34. The zero-order valence-corrected chi connectivity index (χ0v) is 20.1. The summed E-state index contributed by atoms with van der Waals surface area (Å²) >= 11 is 0. The maximum Gasteiger partial charge on any atom is 0.247 e. The molecule has 1 N–H and O–H groups in total. The minimum atomic E-state index is -3.78. The average molecular weight is 451 g/mol. The summed E-state index contributed by atoms with van der Waals surface area (Å²) in [5.74, 6) is 1.12. The number of aliphatic hydroxyl groups excluding tert-OH is 1. The predicted molar refractivity (Wildman–Crippen MR) is 125 cm³/mol. The summed E-state index contributed by atoms with van der Waals surface area (Å²) in [4.78, 5) is 2.51. The lowest BCUT2D eigenvalue weighted by Crippen LogP contribution is -2.49. The fraction of sp³-hybridized carbons (Fsp3) is 0.667. The smallest absolute Gasteiger partial charge is 0.247 e. The van der Waals surface area contributed by atoms with E-state index in [2.05, 4.69) is 11.9 Å². The van der Waals surface area contributed by atoms with Crippen LogP contribution in [-0.4, -0.2) is 68.2 Å². The molecule has 0 saturated heterocycles. The Kier molecular flexibility index (Phi) is 8.19. The van der Waals surface area contributed by atoms with Crippen LogP contribution < -0.4 is 4.74 Å². The van der Waals surface area contributed by atoms with Crippen molar-refractivity contribution < 1.29 is 18.3 Å². The summed E-state index contributed by atoms with van der Waals surface area (Å²) in [5.41, 5.74) is 0.907. The molecule has 3 atom stereocenters. The predicted octanol–water partition coefficient (Wildman–Crippen LogP) is 3.61. The lowest BCUT2D eigenvalue weighted by molar-refractivity contribution is 0.0712. The Balaban J connectivity index is 1.94. The second kappa shape index (κ2) is 10.5. The summed E-state index contributed by atoms with van der Waals surface area (Å²) < 4.78 is 34.8. The van der Waals surface area contributed by atoms with Gasteiger partial charge in [-0.25, -0.2) is 8.42 Å². The molecule has 0 aromatic heterocycles. The van der Waals surface area contributed by atoms with Crippen molar-refractivity contribution in [2.45, 2.75) is 63.5 Å². The quantitative estimate of drug-likeness (QED) is 0.687. The van der Waals surface area contributed by atoms with Crippen LogP contribution in [0.4, 0.5) is 0 Å². The molecule has 1 aromatic rings. The van der Waals surface area contributed by atoms with E-state index in [-0.39, 0.29) is 23.5 Å². The molecule has 1 aliphatic heterocycles. The standard InChI is InChI=1S/C24H38N2O4S/c1-5-8-20-11-12-24-22(13-20)30-23(16-25(4)15-21-9-6-7-10-21)18(2)14-26(19(3)17-27)31(24,28)29/h5,8,11-13,18-19,21,23,27H,6-7,9-10,14-17H2,1-4H3/b8-5+/t18-,19-,23+/m1/s1. The maximum atomic E-state index is 13.5. The molecule has 31 heavy (non-hydrogen) atoms. The molecule has 7 heteroatoms. The van der Waals surface area contributed by atoms with Gasteiger partial charge in [0.05, 0.1) is 6.61 Å². The largest absolute Gasteiger partial charge is 0.487 e. The molecular formula is C24H38N2O4S. The van der Waals surface area contributed by atoms with Crippen LogP contribution in [0.5, 0.6) is 5.75 Å². The first-order valence-electron chi connectivity index (χ1n) is 11.5. The van der Waals surface area contributed by atoms with Gasteiger partial charge >= 0.3 is 0 Å². The molecule has 1 heterocycles. The molecule has 1 saturated carbocycles. The normalized spacial score (nSPS) is 25.9. The Bertz CT molecular complexity index is 864. The number of nitrogens with zero attached hydrogens (tertiary/aromatic N) is 2. The molecule has 0 radical (unpaired) electrons. The van der Waals surface area contributed by atoms with Gasteiger partial charge in [-0.15, -0.1) is 0 Å². The van der Waals surface area contributed by atoms with E-state index in [0.717, 1.165) is 24.6 Å². The van der Waals surface area contributed by atoms with Gasteiger partial charge in [0.15, 0.2) is 0 Å². The minimum absolute atomic E-state index is 0.0201. The summed E-state index contributed by atoms with van der Waals surface area (Å²) in [6.45, 7) is 7.62. The Hall–Kier alpha value is -1.41. The molecular weight excluding hydrogens is 412 g/mol. The third-order valence-corrected chi connectivity index (χ3v) is 8.61. The monoisotopic (exact) mass is 450 g/mol. The van der Waals surface area contributed by atoms with E-state index in [1.54, 1.807) is 19.1 Å². The average Bonchev–Trinajstić information content (AvgIpc) is 3.23. The Morgan fingerprint density at radius 3 is 2.65 bits per heavy atom. The number of aliphatic hydroxyl groups is 1. The molecule has 1 aliphatic carbocycles. The molecule has 1 fully saturated rings. The van der Waals surface area contributed by atoms with E-state index >= 15 is 0 Å². The summed E-state index contributed by atoms with van der Waals surface area (Å²) in [6, 6.07) is 4.75. The van der Waals surface area contributed by atoms with Gasteiger partial charge in [-0.3, -0.25) is 0 Å². The lowest BCUT2D eigenvalue weighted by Gasteiger charge is -2.38. The van der Waals surface area contributed by atoms with E-state index < -0.39 is 16.1 Å². The fourth-order valence-corrected chi connectivity index (χ4v) is 6.60. The van der Waals surface area contributed by atoms with Crippen molar-refractivity contribution >= 4 is 16.1 Å². The summed E-state index contributed by atoms with van der Waals surface area (Å²) in [5, 5.41) is 9.75. The molecule has 3 rings (SSSR count). The van der Waals surface area contributed by atoms with Gasteiger partial charge in [-0.1, -0.05) is 38.0 Å². The van der Waals surface area contributed by atoms with E-state index in [4.69, 9.17) is 4.74 Å². The molecule has 6 nitrogen and oxygen atoms in total. The number of fused-ring (bicyclic) bond motifs is 1. The highest BCUT2D eigenvalue weighted by Gasteiger charge is 2.38. The van der Waals surface area contributed by atoms with Gasteiger partial charge in [-0.2, -0.15) is 4.31 Å². The SMILES string of the molecule is C/C=C/c1ccc2c(c1)O[C@@H](CN(C)CC1CCCC1)[C@H](C)CN([C@H](C)CO)S2(=O)=O. The van der Waals surface area contributed by atoms with Gasteiger partial charge in [0.1, 0.15) is 16.7 Å². The Labute approximate surface area is 187 Å². The van der Waals surface area contributed by atoms with Crippen LogP contribution in [0.25, 0.3) is 6.08 Å². The maximum absolute atomic E-state index is 13.5. The van der Waals surface area contributed by atoms with Crippen LogP contribution in [-0.2, 0) is 10.0 Å². The highest BCUT2D eigenvalue weighted by molar-refractivity contribution is 7.89. The molecule has 0 unspecified atom stereocenters. The minimum Gasteiger partial charge on any atom is -0.487 e. The molecule has 2 aliphatic rings. The molecule has 0 amide bonds. The third kappa shape index (κ3) is 5.69. The van der Waals surface area contributed by atoms with E-state index in [0.29, 0.717) is 12.3 Å². The van der Waals surface area contributed by atoms with Crippen molar-refractivity contribution in [3.05, 3.63) is 29.8 Å². The number of hydrogen-bond donors (Lipinski definition) is 1. The topological polar surface area (TPSA) is 70.1 Å². The van der Waals surface area contributed by atoms with Crippen molar-refractivity contribution in [1.29, 1.82) is 0 Å². The van der Waals surface area contributed by atoms with Crippen LogP contribution in [0.1, 0.15) is 52.0 Å². The van der Waals surface area contributed by atoms with Crippen LogP contribution in [0.15, 0.2) is 29.2 Å². The van der Waals surface area contributed by atoms with E-state index in [1.165, 1.54) is 30.0 Å². The van der Waals surface area contributed by atoms with Gasteiger partial charge in [0, 0.05) is 31.6 Å². The second-order valence-corrected chi connectivity index (χ2v) is 11.2. The van der Waals surface area contributed by atoms with Crippen LogP contribution in [0.3, 0.4) is 0 Å². The fourth-order valence-electron chi connectivity index (χ4n) is 4.77. The van der Waals surface area contributed by atoms with E-state index in [1.807, 2.05) is 32.1 Å². The zero-order valence-electron chi connectivity index (χ0n) is 19.3. The number of sulfonamides is 1. The summed E-state index contributed by atoms with van der Waals surface area (Å²) in [6.07, 6.45) is 8.95. The van der Waals surface area contributed by atoms with Crippen molar-refractivity contribution in [1.82, 2.24) is 9.21 Å². The van der Waals surface area contributed by atoms with Crippen molar-refractivity contribution in [3.8, 4) is 5.75 Å². The van der Waals surface area contributed by atoms with Gasteiger partial charge < -0.3 is 14.7 Å². The number of benzene rings is 1. The van der Waals surface area contributed by atoms with Gasteiger partial charge in [0.25, 0.3) is 0 Å². The number of likely N-dealkylation sites (N-methyl/N-ethyl adjacent to an activating group) is 1. The third-order valence-electron chi connectivity index (χ3n) is 6.59. The van der Waals surface area contributed by atoms with Crippen molar-refractivity contribution in [3.63, 3.8) is 0 Å². The first-order chi connectivity index (χ1) is 14.8. The molecule has 1 aromatic carbocycles. The summed E-state index contributed by atoms with van der Waals surface area (Å²) in [7, 11) is -1.64. The number of rotatable bonds is 7. The van der Waals surface area contributed by atoms with Crippen molar-refractivity contribution in [2.75, 3.05) is 33.3 Å². The molecule has 174 valence electrons. The van der Waals surface area contributed by atoms with Crippen molar-refractivity contribution in [2.24, 2.45) is 11.8 Å². The number of allylic oxidation sites excluding steroid dienone is 1. The van der Waals surface area contributed by atoms with Crippen LogP contribution in [0, 0.1) is 11.8 Å². The molecule has 0 bridgehead atoms. The van der Waals surface area contributed by atoms with Gasteiger partial charge in [-0.05, 0) is 57.4 Å². The number of ether oxygens (including phenoxy) is 1. The van der Waals surface area contributed by atoms with Crippen LogP contribution in [0.2, 0.25) is 0 Å². The first kappa shape index (κ1) is 24.2. The Morgan fingerprint density at radius 2 is 2.00 bits per heavy atom. The number of hydrogen-bond acceptors (Lipinski definition) is 5. The highest BCUT2D eigenvalue weighted by atomic mass is 32.2. The van der Waals surface area contributed by atoms with Gasteiger partial charge in [0.2, 0.25) is 10.0 Å². The first-order valence-corrected chi connectivity index (χ1v) is 12.9. The Morgan fingerprint density at radius 1 is 1.29 bits per heavy atom. The van der Waals surface area contributed by atoms with Crippen LogP contribution >= 0.6 is 0 Å². The lowest BCUT2D eigenvalue weighted by atomic mass is 10.0. The molecule has 0 spiro atoms. The van der Waals surface area contributed by atoms with E-state index in [9.17, 15) is 13.5 Å². The zero-order chi connectivity index (χ0) is 22.6.